The second kappa shape index (κ2) is 5.35. The standard InChI is InChI=1S/C11H22N2O2/c1-8(2)15-11(14)13(3)10-7-5-4-6-9(10)12/h8-10H,4-7,12H2,1-3H3. The molecule has 1 fully saturated rings. The minimum absolute atomic E-state index is 0.0697. The van der Waals surface area contributed by atoms with Crippen molar-refractivity contribution in [2.24, 2.45) is 5.73 Å². The van der Waals surface area contributed by atoms with Crippen molar-refractivity contribution in [3.63, 3.8) is 0 Å². The fourth-order valence-corrected chi connectivity index (χ4v) is 2.04. The van der Waals surface area contributed by atoms with E-state index in [1.807, 2.05) is 13.8 Å². The summed E-state index contributed by atoms with van der Waals surface area (Å²) in [4.78, 5) is 13.3. The average Bonchev–Trinajstić information content (AvgIpc) is 2.16. The van der Waals surface area contributed by atoms with E-state index in [1.165, 1.54) is 6.42 Å². The number of likely N-dealkylation sites (N-methyl/N-ethyl adjacent to an activating group) is 1. The third kappa shape index (κ3) is 3.38. The van der Waals surface area contributed by atoms with Crippen molar-refractivity contribution >= 4 is 6.09 Å². The molecule has 2 unspecified atom stereocenters. The van der Waals surface area contributed by atoms with E-state index in [-0.39, 0.29) is 24.3 Å². The summed E-state index contributed by atoms with van der Waals surface area (Å²) in [6, 6.07) is 0.244. The van der Waals surface area contributed by atoms with Crippen LogP contribution in [0.1, 0.15) is 39.5 Å². The minimum atomic E-state index is -0.257. The van der Waals surface area contributed by atoms with Crippen molar-refractivity contribution in [2.45, 2.75) is 57.7 Å². The maximum atomic E-state index is 11.6. The number of hydrogen-bond donors (Lipinski definition) is 1. The summed E-state index contributed by atoms with van der Waals surface area (Å²) in [6.07, 6.45) is 3.99. The summed E-state index contributed by atoms with van der Waals surface area (Å²) in [5.41, 5.74) is 6.00. The molecule has 2 atom stereocenters. The van der Waals surface area contributed by atoms with Crippen molar-refractivity contribution in [3.8, 4) is 0 Å². The van der Waals surface area contributed by atoms with Crippen molar-refractivity contribution in [1.29, 1.82) is 0 Å². The Morgan fingerprint density at radius 1 is 1.40 bits per heavy atom. The normalized spacial score (nSPS) is 26.5. The lowest BCUT2D eigenvalue weighted by Gasteiger charge is -2.35. The highest BCUT2D eigenvalue weighted by molar-refractivity contribution is 5.68. The summed E-state index contributed by atoms with van der Waals surface area (Å²) >= 11 is 0. The van der Waals surface area contributed by atoms with Gasteiger partial charge in [-0.1, -0.05) is 12.8 Å². The molecule has 1 rings (SSSR count). The Balaban J connectivity index is 2.50. The SMILES string of the molecule is CC(C)OC(=O)N(C)C1CCCCC1N. The first-order valence-corrected chi connectivity index (χ1v) is 5.71. The zero-order valence-electron chi connectivity index (χ0n) is 9.90. The van der Waals surface area contributed by atoms with E-state index in [0.29, 0.717) is 0 Å². The summed E-state index contributed by atoms with van der Waals surface area (Å²) in [6.45, 7) is 3.71. The second-order valence-corrected chi connectivity index (χ2v) is 4.56. The van der Waals surface area contributed by atoms with Gasteiger partial charge in [-0.15, -0.1) is 0 Å². The number of hydrogen-bond acceptors (Lipinski definition) is 3. The maximum absolute atomic E-state index is 11.6. The Kier molecular flexibility index (Phi) is 4.39. The molecular formula is C11H22N2O2. The van der Waals surface area contributed by atoms with Gasteiger partial charge in [0.1, 0.15) is 0 Å². The summed E-state index contributed by atoms with van der Waals surface area (Å²) in [5.74, 6) is 0. The van der Waals surface area contributed by atoms with E-state index < -0.39 is 0 Å². The van der Waals surface area contributed by atoms with Crippen LogP contribution in [0.25, 0.3) is 0 Å². The molecule has 0 aromatic heterocycles. The summed E-state index contributed by atoms with van der Waals surface area (Å²) in [7, 11) is 1.78. The average molecular weight is 214 g/mol. The lowest BCUT2D eigenvalue weighted by Crippen LogP contribution is -2.50. The molecule has 0 spiro atoms. The molecule has 88 valence electrons. The molecule has 15 heavy (non-hydrogen) atoms. The molecule has 1 aliphatic rings. The fraction of sp³-hybridized carbons (Fsp3) is 0.909. The van der Waals surface area contributed by atoms with Gasteiger partial charge in [-0.3, -0.25) is 0 Å². The highest BCUT2D eigenvalue weighted by atomic mass is 16.6. The van der Waals surface area contributed by atoms with Crippen molar-refractivity contribution in [2.75, 3.05) is 7.05 Å². The largest absolute Gasteiger partial charge is 0.447 e. The zero-order chi connectivity index (χ0) is 11.4. The number of carbonyl (C=O) groups excluding carboxylic acids is 1. The highest BCUT2D eigenvalue weighted by Crippen LogP contribution is 2.21. The van der Waals surface area contributed by atoms with Crippen LogP contribution in [0, 0.1) is 0 Å². The molecule has 0 aliphatic heterocycles. The molecule has 4 nitrogen and oxygen atoms in total. The first-order valence-electron chi connectivity index (χ1n) is 5.71. The molecule has 1 amide bonds. The van der Waals surface area contributed by atoms with Crippen LogP contribution in [0.5, 0.6) is 0 Å². The molecule has 0 aromatic rings. The molecule has 2 N–H and O–H groups in total. The topological polar surface area (TPSA) is 55.6 Å². The quantitative estimate of drug-likeness (QED) is 0.761. The Morgan fingerprint density at radius 3 is 2.53 bits per heavy atom. The van der Waals surface area contributed by atoms with Crippen LogP contribution in [0.4, 0.5) is 4.79 Å². The third-order valence-corrected chi connectivity index (χ3v) is 2.90. The summed E-state index contributed by atoms with van der Waals surface area (Å²) < 4.78 is 5.14. The molecule has 1 aliphatic carbocycles. The van der Waals surface area contributed by atoms with Gasteiger partial charge in [-0.25, -0.2) is 4.79 Å². The van der Waals surface area contributed by atoms with Gasteiger partial charge >= 0.3 is 6.09 Å². The van der Waals surface area contributed by atoms with Gasteiger partial charge in [0.15, 0.2) is 0 Å². The van der Waals surface area contributed by atoms with Gasteiger partial charge in [0.25, 0.3) is 0 Å². The first-order chi connectivity index (χ1) is 7.02. The minimum Gasteiger partial charge on any atom is -0.447 e. The number of ether oxygens (including phenoxy) is 1. The maximum Gasteiger partial charge on any atom is 0.410 e. The molecule has 0 heterocycles. The molecule has 1 saturated carbocycles. The van der Waals surface area contributed by atoms with E-state index in [0.717, 1.165) is 19.3 Å². The molecular weight excluding hydrogens is 192 g/mol. The Bertz CT molecular complexity index is 219. The van der Waals surface area contributed by atoms with E-state index in [2.05, 4.69) is 0 Å². The van der Waals surface area contributed by atoms with E-state index in [9.17, 15) is 4.79 Å². The smallest absolute Gasteiger partial charge is 0.410 e. The van der Waals surface area contributed by atoms with Crippen molar-refractivity contribution < 1.29 is 9.53 Å². The second-order valence-electron chi connectivity index (χ2n) is 4.56. The monoisotopic (exact) mass is 214 g/mol. The Morgan fingerprint density at radius 2 is 2.00 bits per heavy atom. The van der Waals surface area contributed by atoms with Gasteiger partial charge in [0.2, 0.25) is 0 Å². The Hall–Kier alpha value is -0.770. The van der Waals surface area contributed by atoms with Crippen LogP contribution in [0.2, 0.25) is 0 Å². The number of amides is 1. The van der Waals surface area contributed by atoms with Crippen LogP contribution in [-0.4, -0.2) is 36.2 Å². The van der Waals surface area contributed by atoms with Crippen LogP contribution >= 0.6 is 0 Å². The van der Waals surface area contributed by atoms with Crippen molar-refractivity contribution in [3.05, 3.63) is 0 Å². The molecule has 0 saturated heterocycles. The van der Waals surface area contributed by atoms with Gasteiger partial charge in [0.05, 0.1) is 6.10 Å². The van der Waals surface area contributed by atoms with Gasteiger partial charge in [-0.2, -0.15) is 0 Å². The van der Waals surface area contributed by atoms with Gasteiger partial charge in [-0.05, 0) is 26.7 Å². The lowest BCUT2D eigenvalue weighted by atomic mass is 9.90. The Labute approximate surface area is 91.8 Å². The van der Waals surface area contributed by atoms with E-state index in [1.54, 1.807) is 11.9 Å². The number of carbonyl (C=O) groups is 1. The fourth-order valence-electron chi connectivity index (χ4n) is 2.04. The van der Waals surface area contributed by atoms with Crippen LogP contribution < -0.4 is 5.73 Å². The van der Waals surface area contributed by atoms with E-state index >= 15 is 0 Å². The first kappa shape index (κ1) is 12.3. The zero-order valence-corrected chi connectivity index (χ0v) is 9.90. The number of nitrogens with two attached hydrogens (primary N) is 1. The number of rotatable bonds is 2. The van der Waals surface area contributed by atoms with Crippen LogP contribution in [0.3, 0.4) is 0 Å². The number of nitrogens with zero attached hydrogens (tertiary/aromatic N) is 1. The molecule has 0 aromatic carbocycles. The highest BCUT2D eigenvalue weighted by Gasteiger charge is 2.29. The van der Waals surface area contributed by atoms with Crippen LogP contribution in [0.15, 0.2) is 0 Å². The van der Waals surface area contributed by atoms with Crippen molar-refractivity contribution in [1.82, 2.24) is 4.90 Å². The van der Waals surface area contributed by atoms with Gasteiger partial charge < -0.3 is 15.4 Å². The molecule has 4 heteroatoms. The predicted octanol–water partition coefficient (Wildman–Crippen LogP) is 1.73. The molecule has 0 bridgehead atoms. The van der Waals surface area contributed by atoms with E-state index in [4.69, 9.17) is 10.5 Å². The molecule has 0 radical (unpaired) electrons. The third-order valence-electron chi connectivity index (χ3n) is 2.90. The predicted molar refractivity (Wildman–Crippen MR) is 59.6 cm³/mol. The lowest BCUT2D eigenvalue weighted by molar-refractivity contribution is 0.0624. The summed E-state index contributed by atoms with van der Waals surface area (Å²) in [5, 5.41) is 0. The van der Waals surface area contributed by atoms with Gasteiger partial charge in [0, 0.05) is 19.1 Å². The van der Waals surface area contributed by atoms with Crippen LogP contribution in [-0.2, 0) is 4.74 Å².